The summed E-state index contributed by atoms with van der Waals surface area (Å²) in [5.41, 5.74) is -0.122. The van der Waals surface area contributed by atoms with E-state index in [-0.39, 0.29) is 35.0 Å². The Balaban J connectivity index is 0.787. The van der Waals surface area contributed by atoms with Gasteiger partial charge in [0.05, 0.1) is 22.1 Å². The molecule has 4 aliphatic heterocycles. The van der Waals surface area contributed by atoms with Gasteiger partial charge in [0.2, 0.25) is 11.8 Å². The molecular weight excluding hydrogens is 812 g/mol. The van der Waals surface area contributed by atoms with Crippen molar-refractivity contribution in [1.82, 2.24) is 20.1 Å². The Morgan fingerprint density at radius 3 is 2.36 bits per heavy atom. The van der Waals surface area contributed by atoms with E-state index >= 15 is 0 Å². The number of amides is 5. The summed E-state index contributed by atoms with van der Waals surface area (Å²) < 4.78 is 39.8. The molecule has 3 aromatic rings. The Kier molecular flexibility index (Phi) is 11.9. The summed E-state index contributed by atoms with van der Waals surface area (Å²) in [5, 5.41) is 23.1. The number of anilines is 3. The zero-order valence-electron chi connectivity index (χ0n) is 34.1. The van der Waals surface area contributed by atoms with Crippen LogP contribution in [0.4, 0.5) is 30.2 Å². The number of hydrogen-bond acceptors (Lipinski definition) is 11. The highest BCUT2D eigenvalue weighted by Crippen LogP contribution is 2.48. The van der Waals surface area contributed by atoms with Gasteiger partial charge in [-0.3, -0.25) is 34.2 Å². The number of carbonyl (C=O) groups excluding carboxylic acids is 5. The number of piperidine rings is 2. The third kappa shape index (κ3) is 9.14. The van der Waals surface area contributed by atoms with Gasteiger partial charge in [-0.1, -0.05) is 23.9 Å². The monoisotopic (exact) mass is 861 g/mol. The van der Waals surface area contributed by atoms with Crippen molar-refractivity contribution < 1.29 is 42.3 Å². The molecule has 3 fully saturated rings. The molecule has 17 heteroatoms. The molecule has 0 bridgehead atoms. The number of alkyl halides is 3. The zero-order chi connectivity index (χ0) is 43.2. The third-order valence-corrected chi connectivity index (χ3v) is 14.1. The van der Waals surface area contributed by atoms with Crippen molar-refractivity contribution in [2.45, 2.75) is 99.7 Å². The van der Waals surface area contributed by atoms with Crippen LogP contribution in [0.1, 0.15) is 114 Å². The highest BCUT2D eigenvalue weighted by molar-refractivity contribution is 8.00. The fourth-order valence-corrected chi connectivity index (χ4v) is 10.8. The smallest absolute Gasteiger partial charge is 0.386 e. The van der Waals surface area contributed by atoms with Crippen molar-refractivity contribution in [3.05, 3.63) is 76.6 Å². The number of pyridine rings is 1. The van der Waals surface area contributed by atoms with Crippen molar-refractivity contribution in [3.8, 4) is 0 Å². The molecule has 2 unspecified atom stereocenters. The average molecular weight is 862 g/mol. The summed E-state index contributed by atoms with van der Waals surface area (Å²) in [5.74, 6) is -1.30. The van der Waals surface area contributed by atoms with Crippen LogP contribution < -0.4 is 21.3 Å². The van der Waals surface area contributed by atoms with Gasteiger partial charge in [-0.25, -0.2) is 4.98 Å². The standard InChI is InChI=1S/C44H50F3N7O6S/c1-43(2,60)28-21-32-34(22-31(28)50-38(56)30-7-4-8-35(49-30)44(45,46)47)61-40(51-32)26-11-9-25(10-12-26)23-53-19-16-24(17-20-53)15-18-48-29-6-3-5-27-37(29)42(59)54(41(27)58)33-13-14-36(55)52-39(33)57/h3-8,21-22,24-26,33,40,48,51,60H,9-20,23H2,1-2H3,(H,50,56)(H,52,55,57). The molecule has 5 heterocycles. The van der Waals surface area contributed by atoms with Crippen molar-refractivity contribution in [2.75, 3.05) is 42.1 Å². The minimum atomic E-state index is -4.69. The largest absolute Gasteiger partial charge is 0.433 e. The topological polar surface area (TPSA) is 173 Å². The molecule has 324 valence electrons. The molecule has 2 atom stereocenters. The molecular formula is C44H50F3N7O6S. The van der Waals surface area contributed by atoms with Crippen LogP contribution in [0.2, 0.25) is 0 Å². The lowest BCUT2D eigenvalue weighted by Gasteiger charge is -2.37. The van der Waals surface area contributed by atoms with Crippen LogP contribution >= 0.6 is 11.8 Å². The number of likely N-dealkylation sites (tertiary alicyclic amines) is 1. The fourth-order valence-electron chi connectivity index (χ4n) is 9.41. The van der Waals surface area contributed by atoms with Crippen LogP contribution in [0.25, 0.3) is 0 Å². The second-order valence-electron chi connectivity index (χ2n) is 17.4. The normalized spacial score (nSPS) is 23.7. The first-order valence-corrected chi connectivity index (χ1v) is 21.9. The molecule has 0 radical (unpaired) electrons. The number of nitrogens with zero attached hydrogens (tertiary/aromatic N) is 3. The number of aromatic nitrogens is 1. The van der Waals surface area contributed by atoms with Crippen LogP contribution in [0.15, 0.2) is 53.4 Å². The molecule has 1 saturated carbocycles. The van der Waals surface area contributed by atoms with Gasteiger partial charge >= 0.3 is 6.18 Å². The number of aliphatic hydroxyl groups is 1. The number of rotatable bonds is 11. The molecule has 2 saturated heterocycles. The number of halogens is 3. The molecule has 5 amide bonds. The van der Waals surface area contributed by atoms with E-state index in [4.69, 9.17) is 0 Å². The number of benzene rings is 2. The maximum Gasteiger partial charge on any atom is 0.433 e. The SMILES string of the molecule is CC(C)(O)c1cc2c(cc1NC(=O)c1cccc(C(F)(F)F)n1)SC(C1CCC(CN3CCC(CCNc4cccc5c4C(=O)N(C4CCC(=O)NC4=O)C5=O)CC3)CC1)N2. The Labute approximate surface area is 356 Å². The number of nitrogens with one attached hydrogen (secondary N) is 4. The summed E-state index contributed by atoms with van der Waals surface area (Å²) in [6.07, 6.45) is 2.96. The van der Waals surface area contributed by atoms with E-state index in [0.29, 0.717) is 41.2 Å². The Hall–Kier alpha value is -5.00. The van der Waals surface area contributed by atoms with Gasteiger partial charge in [0.15, 0.2) is 0 Å². The van der Waals surface area contributed by atoms with E-state index in [2.05, 4.69) is 31.2 Å². The highest BCUT2D eigenvalue weighted by atomic mass is 32.2. The number of imide groups is 2. The first-order chi connectivity index (χ1) is 29.0. The maximum absolute atomic E-state index is 13.4. The summed E-state index contributed by atoms with van der Waals surface area (Å²) >= 11 is 1.68. The molecule has 8 rings (SSSR count). The predicted molar refractivity (Wildman–Crippen MR) is 223 cm³/mol. The van der Waals surface area contributed by atoms with E-state index < -0.39 is 53.0 Å². The molecule has 5 aliphatic rings. The molecule has 1 aromatic heterocycles. The second kappa shape index (κ2) is 17.0. The maximum atomic E-state index is 13.4. The van der Waals surface area contributed by atoms with Crippen molar-refractivity contribution in [2.24, 2.45) is 17.8 Å². The Morgan fingerprint density at radius 2 is 1.66 bits per heavy atom. The predicted octanol–water partition coefficient (Wildman–Crippen LogP) is 6.85. The average Bonchev–Trinajstić information content (AvgIpc) is 3.75. The Morgan fingerprint density at radius 1 is 0.918 bits per heavy atom. The molecule has 0 spiro atoms. The number of hydrogen-bond donors (Lipinski definition) is 5. The van der Waals surface area contributed by atoms with Gasteiger partial charge in [0, 0.05) is 47.0 Å². The van der Waals surface area contributed by atoms with Crippen molar-refractivity contribution in [3.63, 3.8) is 0 Å². The van der Waals surface area contributed by atoms with Crippen molar-refractivity contribution in [1.29, 1.82) is 0 Å². The molecule has 13 nitrogen and oxygen atoms in total. The lowest BCUT2D eigenvalue weighted by Crippen LogP contribution is -2.54. The third-order valence-electron chi connectivity index (χ3n) is 12.7. The van der Waals surface area contributed by atoms with E-state index in [9.17, 15) is 42.3 Å². The van der Waals surface area contributed by atoms with Gasteiger partial charge in [-0.15, -0.1) is 0 Å². The van der Waals surface area contributed by atoms with Gasteiger partial charge in [-0.2, -0.15) is 13.2 Å². The molecule has 2 aromatic carbocycles. The summed E-state index contributed by atoms with van der Waals surface area (Å²) in [6.45, 7) is 6.97. The highest BCUT2D eigenvalue weighted by Gasteiger charge is 2.46. The van der Waals surface area contributed by atoms with Gasteiger partial charge in [-0.05, 0) is 132 Å². The van der Waals surface area contributed by atoms with E-state index in [1.165, 1.54) is 6.07 Å². The quantitative estimate of drug-likeness (QED) is 0.128. The Bertz CT molecular complexity index is 2230. The fraction of sp³-hybridized carbons (Fsp3) is 0.500. The van der Waals surface area contributed by atoms with Gasteiger partial charge in [0.25, 0.3) is 17.7 Å². The molecule has 1 aliphatic carbocycles. The van der Waals surface area contributed by atoms with Crippen LogP contribution in [-0.2, 0) is 21.4 Å². The number of carbonyl (C=O) groups is 5. The van der Waals surface area contributed by atoms with E-state index in [1.807, 2.05) is 6.07 Å². The summed E-state index contributed by atoms with van der Waals surface area (Å²) in [7, 11) is 0. The number of thioether (sulfide) groups is 1. The lowest BCUT2D eigenvalue weighted by molar-refractivity contribution is -0.141. The summed E-state index contributed by atoms with van der Waals surface area (Å²) in [4.78, 5) is 71.8. The zero-order valence-corrected chi connectivity index (χ0v) is 34.9. The van der Waals surface area contributed by atoms with Crippen LogP contribution in [0.5, 0.6) is 0 Å². The minimum absolute atomic E-state index is 0.0729. The first-order valence-electron chi connectivity index (χ1n) is 21.0. The van der Waals surface area contributed by atoms with Crippen molar-refractivity contribution >= 4 is 58.4 Å². The van der Waals surface area contributed by atoms with Crippen LogP contribution in [0.3, 0.4) is 0 Å². The second-order valence-corrected chi connectivity index (χ2v) is 18.6. The minimum Gasteiger partial charge on any atom is -0.386 e. The molecule has 5 N–H and O–H groups in total. The number of fused-ring (bicyclic) bond motifs is 2. The van der Waals surface area contributed by atoms with Crippen LogP contribution in [-0.4, -0.2) is 87.0 Å². The van der Waals surface area contributed by atoms with E-state index in [0.717, 1.165) is 92.2 Å². The molecule has 61 heavy (non-hydrogen) atoms. The summed E-state index contributed by atoms with van der Waals surface area (Å²) in [6, 6.07) is 10.9. The lowest BCUT2D eigenvalue weighted by atomic mass is 9.81. The van der Waals surface area contributed by atoms with Gasteiger partial charge < -0.3 is 26.0 Å². The van der Waals surface area contributed by atoms with Crippen LogP contribution in [0, 0.1) is 17.8 Å². The first kappa shape index (κ1) is 42.7. The van der Waals surface area contributed by atoms with Gasteiger partial charge in [0.1, 0.15) is 17.4 Å². The van der Waals surface area contributed by atoms with E-state index in [1.54, 1.807) is 49.9 Å².